The fourth-order valence-corrected chi connectivity index (χ4v) is 2.26. The Morgan fingerprint density at radius 2 is 1.93 bits per heavy atom. The van der Waals surface area contributed by atoms with Crippen LogP contribution in [0, 0.1) is 5.92 Å². The van der Waals surface area contributed by atoms with E-state index in [9.17, 15) is 9.59 Å². The second kappa shape index (κ2) is 3.59. The molecule has 1 saturated heterocycles. The molecule has 1 N–H and O–H groups in total. The number of hydrogen-bond donors (Lipinski definition) is 1. The summed E-state index contributed by atoms with van der Waals surface area (Å²) in [7, 11) is 0. The maximum absolute atomic E-state index is 11.8. The van der Waals surface area contributed by atoms with E-state index in [2.05, 4.69) is 5.32 Å². The van der Waals surface area contributed by atoms with Crippen molar-refractivity contribution in [2.45, 2.75) is 38.6 Å². The molecule has 1 atom stereocenters. The highest BCUT2D eigenvalue weighted by molar-refractivity contribution is 5.98. The minimum absolute atomic E-state index is 0.000602. The van der Waals surface area contributed by atoms with Gasteiger partial charge in [0.05, 0.1) is 5.92 Å². The van der Waals surface area contributed by atoms with E-state index in [0.717, 1.165) is 25.7 Å². The Morgan fingerprint density at radius 1 is 1.29 bits per heavy atom. The molecular formula is C10H16N2O2. The summed E-state index contributed by atoms with van der Waals surface area (Å²) in [5.41, 5.74) is 0. The number of imide groups is 1. The molecule has 0 aromatic carbocycles. The first kappa shape index (κ1) is 9.49. The van der Waals surface area contributed by atoms with Crippen molar-refractivity contribution in [3.63, 3.8) is 0 Å². The highest BCUT2D eigenvalue weighted by Crippen LogP contribution is 2.26. The molecule has 1 unspecified atom stereocenters. The van der Waals surface area contributed by atoms with Crippen LogP contribution in [0.4, 0.5) is 4.79 Å². The van der Waals surface area contributed by atoms with Crippen molar-refractivity contribution in [2.75, 3.05) is 6.54 Å². The summed E-state index contributed by atoms with van der Waals surface area (Å²) >= 11 is 0. The Labute approximate surface area is 83.6 Å². The van der Waals surface area contributed by atoms with Gasteiger partial charge in [0.2, 0.25) is 5.91 Å². The monoisotopic (exact) mass is 196 g/mol. The molecule has 0 aromatic rings. The summed E-state index contributed by atoms with van der Waals surface area (Å²) in [6.45, 7) is 2.35. The third-order valence-electron chi connectivity index (χ3n) is 3.13. The molecule has 1 saturated carbocycles. The SMILES string of the molecule is CC1CNC(=O)N(C2CCCC2)C1=O. The van der Waals surface area contributed by atoms with Gasteiger partial charge in [-0.25, -0.2) is 4.79 Å². The highest BCUT2D eigenvalue weighted by Gasteiger charge is 2.37. The second-order valence-corrected chi connectivity index (χ2v) is 4.23. The van der Waals surface area contributed by atoms with Crippen molar-refractivity contribution in [1.29, 1.82) is 0 Å². The minimum atomic E-state index is -0.194. The van der Waals surface area contributed by atoms with E-state index >= 15 is 0 Å². The van der Waals surface area contributed by atoms with Gasteiger partial charge in [-0.05, 0) is 12.8 Å². The molecule has 2 aliphatic rings. The summed E-state index contributed by atoms with van der Waals surface area (Å²) in [5.74, 6) is -0.0612. The molecular weight excluding hydrogens is 180 g/mol. The van der Waals surface area contributed by atoms with Crippen LogP contribution in [-0.2, 0) is 4.79 Å². The lowest BCUT2D eigenvalue weighted by atomic mass is 10.1. The van der Waals surface area contributed by atoms with Crippen LogP contribution in [0.3, 0.4) is 0 Å². The maximum atomic E-state index is 11.8. The lowest BCUT2D eigenvalue weighted by Gasteiger charge is -2.33. The minimum Gasteiger partial charge on any atom is -0.337 e. The van der Waals surface area contributed by atoms with Gasteiger partial charge in [-0.2, -0.15) is 0 Å². The van der Waals surface area contributed by atoms with Gasteiger partial charge in [-0.15, -0.1) is 0 Å². The Hall–Kier alpha value is -1.06. The van der Waals surface area contributed by atoms with Gasteiger partial charge in [-0.1, -0.05) is 19.8 Å². The molecule has 3 amide bonds. The van der Waals surface area contributed by atoms with E-state index in [-0.39, 0.29) is 23.9 Å². The van der Waals surface area contributed by atoms with Crippen LogP contribution < -0.4 is 5.32 Å². The standard InChI is InChI=1S/C10H16N2O2/c1-7-6-11-10(14)12(9(7)13)8-4-2-3-5-8/h7-8H,2-6H2,1H3,(H,11,14). The van der Waals surface area contributed by atoms with E-state index in [0.29, 0.717) is 6.54 Å². The number of carbonyl (C=O) groups is 2. The highest BCUT2D eigenvalue weighted by atomic mass is 16.2. The van der Waals surface area contributed by atoms with E-state index in [1.165, 1.54) is 4.90 Å². The number of nitrogens with one attached hydrogen (secondary N) is 1. The number of carbonyl (C=O) groups excluding carboxylic acids is 2. The van der Waals surface area contributed by atoms with Crippen molar-refractivity contribution in [3.8, 4) is 0 Å². The largest absolute Gasteiger partial charge is 0.337 e. The predicted octanol–water partition coefficient (Wildman–Crippen LogP) is 1.12. The number of hydrogen-bond acceptors (Lipinski definition) is 2. The quantitative estimate of drug-likeness (QED) is 0.683. The zero-order chi connectivity index (χ0) is 10.1. The fourth-order valence-electron chi connectivity index (χ4n) is 2.26. The normalized spacial score (nSPS) is 29.5. The smallest absolute Gasteiger partial charge is 0.324 e. The van der Waals surface area contributed by atoms with Crippen LogP contribution in [0.5, 0.6) is 0 Å². The molecule has 2 fully saturated rings. The first-order valence-electron chi connectivity index (χ1n) is 5.31. The molecule has 4 nitrogen and oxygen atoms in total. The molecule has 2 rings (SSSR count). The van der Waals surface area contributed by atoms with Gasteiger partial charge in [-0.3, -0.25) is 9.69 Å². The van der Waals surface area contributed by atoms with Crippen LogP contribution in [-0.4, -0.2) is 29.4 Å². The molecule has 0 bridgehead atoms. The molecule has 1 heterocycles. The molecule has 4 heteroatoms. The molecule has 78 valence electrons. The summed E-state index contributed by atoms with van der Waals surface area (Å²) < 4.78 is 0. The van der Waals surface area contributed by atoms with Crippen LogP contribution >= 0.6 is 0 Å². The third kappa shape index (κ3) is 1.49. The van der Waals surface area contributed by atoms with E-state index in [1.807, 2.05) is 6.92 Å². The molecule has 14 heavy (non-hydrogen) atoms. The molecule has 0 aromatic heterocycles. The van der Waals surface area contributed by atoms with Gasteiger partial charge in [0.1, 0.15) is 0 Å². The van der Waals surface area contributed by atoms with Crippen molar-refractivity contribution >= 4 is 11.9 Å². The van der Waals surface area contributed by atoms with Crippen molar-refractivity contribution in [1.82, 2.24) is 10.2 Å². The first-order valence-corrected chi connectivity index (χ1v) is 5.31. The third-order valence-corrected chi connectivity index (χ3v) is 3.13. The van der Waals surface area contributed by atoms with Crippen LogP contribution in [0.15, 0.2) is 0 Å². The molecule has 0 radical (unpaired) electrons. The topological polar surface area (TPSA) is 49.4 Å². The van der Waals surface area contributed by atoms with Crippen molar-refractivity contribution in [3.05, 3.63) is 0 Å². The number of urea groups is 1. The number of amides is 3. The van der Waals surface area contributed by atoms with Crippen molar-refractivity contribution in [2.24, 2.45) is 5.92 Å². The molecule has 1 aliphatic heterocycles. The molecule has 0 spiro atoms. The Kier molecular flexibility index (Phi) is 2.44. The summed E-state index contributed by atoms with van der Waals surface area (Å²) in [6, 6.07) is -0.0368. The van der Waals surface area contributed by atoms with E-state index in [1.54, 1.807) is 0 Å². The van der Waals surface area contributed by atoms with Crippen LogP contribution in [0.1, 0.15) is 32.6 Å². The summed E-state index contributed by atoms with van der Waals surface area (Å²) in [6.07, 6.45) is 4.23. The van der Waals surface area contributed by atoms with Crippen LogP contribution in [0.25, 0.3) is 0 Å². The fraction of sp³-hybridized carbons (Fsp3) is 0.800. The Bertz CT molecular complexity index is 259. The predicted molar refractivity (Wildman–Crippen MR) is 51.7 cm³/mol. The Morgan fingerprint density at radius 3 is 2.57 bits per heavy atom. The second-order valence-electron chi connectivity index (χ2n) is 4.23. The van der Waals surface area contributed by atoms with Gasteiger partial charge in [0.15, 0.2) is 0 Å². The lowest BCUT2D eigenvalue weighted by molar-refractivity contribution is -0.135. The van der Waals surface area contributed by atoms with Gasteiger partial charge in [0.25, 0.3) is 0 Å². The zero-order valence-corrected chi connectivity index (χ0v) is 8.45. The van der Waals surface area contributed by atoms with Crippen molar-refractivity contribution < 1.29 is 9.59 Å². The first-order chi connectivity index (χ1) is 6.70. The maximum Gasteiger partial charge on any atom is 0.324 e. The number of rotatable bonds is 1. The lowest BCUT2D eigenvalue weighted by Crippen LogP contribution is -2.57. The Balaban J connectivity index is 2.12. The van der Waals surface area contributed by atoms with Gasteiger partial charge < -0.3 is 5.32 Å². The average Bonchev–Trinajstić information content (AvgIpc) is 2.65. The average molecular weight is 196 g/mol. The van der Waals surface area contributed by atoms with E-state index < -0.39 is 0 Å². The summed E-state index contributed by atoms with van der Waals surface area (Å²) in [4.78, 5) is 24.8. The van der Waals surface area contributed by atoms with E-state index in [4.69, 9.17) is 0 Å². The van der Waals surface area contributed by atoms with Gasteiger partial charge >= 0.3 is 6.03 Å². The number of nitrogens with zero attached hydrogens (tertiary/aromatic N) is 1. The zero-order valence-electron chi connectivity index (χ0n) is 8.45. The summed E-state index contributed by atoms with van der Waals surface area (Å²) in [5, 5.41) is 2.76. The van der Waals surface area contributed by atoms with Gasteiger partial charge in [0, 0.05) is 12.6 Å². The molecule has 1 aliphatic carbocycles. The van der Waals surface area contributed by atoms with Crippen LogP contribution in [0.2, 0.25) is 0 Å².